The van der Waals surface area contributed by atoms with E-state index in [9.17, 15) is 0 Å². The third-order valence-corrected chi connectivity index (χ3v) is 2.05. The molecule has 0 unspecified atom stereocenters. The smallest absolute Gasteiger partial charge is 1.00 e. The van der Waals surface area contributed by atoms with Crippen molar-refractivity contribution < 1.29 is 31.0 Å². The number of halogens is 2. The molecular weight excluding hydrogens is 302 g/mol. The van der Waals surface area contributed by atoms with E-state index >= 15 is 0 Å². The molecule has 0 atom stereocenters. The van der Waals surface area contributed by atoms with E-state index in [0.717, 1.165) is 4.47 Å². The molecule has 0 aliphatic heterocycles. The van der Waals surface area contributed by atoms with Crippen LogP contribution in [0.15, 0.2) is 28.7 Å². The summed E-state index contributed by atoms with van der Waals surface area (Å²) < 4.78 is 2.41. The molecule has 0 saturated carbocycles. The van der Waals surface area contributed by atoms with Crippen molar-refractivity contribution in [2.75, 3.05) is 0 Å². The Hall–Kier alpha value is 1.43. The van der Waals surface area contributed by atoms with Gasteiger partial charge >= 0.3 is 29.6 Å². The van der Waals surface area contributed by atoms with Gasteiger partial charge in [0.05, 0.1) is 0 Å². The van der Waals surface area contributed by atoms with Crippen molar-refractivity contribution >= 4 is 38.5 Å². The second-order valence-corrected chi connectivity index (χ2v) is 3.60. The van der Waals surface area contributed by atoms with Crippen molar-refractivity contribution in [2.24, 2.45) is 0 Å². The fourth-order valence-corrected chi connectivity index (χ4v) is 1.05. The number of rotatable bonds is 0. The Labute approximate surface area is 100 Å². The predicted octanol–water partition coefficient (Wildman–Crippen LogP) is 0.170. The van der Waals surface area contributed by atoms with E-state index in [1.54, 1.807) is 0 Å². The van der Waals surface area contributed by atoms with Gasteiger partial charge in [0.15, 0.2) is 0 Å². The Morgan fingerprint density at radius 1 is 1.22 bits per heavy atom. The summed E-state index contributed by atoms with van der Waals surface area (Å²) in [6.45, 7) is 0. The molecule has 44 valence electrons. The third kappa shape index (κ3) is 3.98. The second kappa shape index (κ2) is 5.13. The fraction of sp³-hybridized carbons (Fsp3) is 0. The van der Waals surface area contributed by atoms with E-state index in [2.05, 4.69) is 50.7 Å². The summed E-state index contributed by atoms with van der Waals surface area (Å²) in [6.07, 6.45) is 0. The summed E-state index contributed by atoms with van der Waals surface area (Å²) in [4.78, 5) is 0. The van der Waals surface area contributed by atoms with Crippen LogP contribution in [-0.4, -0.2) is 0 Å². The molecule has 0 amide bonds. The van der Waals surface area contributed by atoms with Crippen molar-refractivity contribution in [3.05, 3.63) is 32.3 Å². The van der Waals surface area contributed by atoms with Gasteiger partial charge in [-0.05, 0) is 46.9 Å². The molecule has 0 bridgehead atoms. The van der Waals surface area contributed by atoms with Crippen molar-refractivity contribution in [1.82, 2.24) is 0 Å². The van der Waals surface area contributed by atoms with Gasteiger partial charge in [-0.2, -0.15) is 0 Å². The van der Waals surface area contributed by atoms with Crippen molar-refractivity contribution in [2.45, 2.75) is 0 Å². The van der Waals surface area contributed by atoms with Crippen LogP contribution in [0.5, 0.6) is 0 Å². The molecular formula is C6H5BrINa. The monoisotopic (exact) mass is 306 g/mol. The minimum atomic E-state index is 0. The Balaban J connectivity index is 0. The van der Waals surface area contributed by atoms with Gasteiger partial charge in [-0.1, -0.05) is 15.9 Å². The number of hydrogen-bond acceptors (Lipinski definition) is 0. The van der Waals surface area contributed by atoms with Gasteiger partial charge in [0, 0.05) is 8.04 Å². The maximum absolute atomic E-state index is 3.34. The van der Waals surface area contributed by atoms with E-state index in [0.29, 0.717) is 0 Å². The fourth-order valence-electron chi connectivity index (χ4n) is 0.430. The van der Waals surface area contributed by atoms with Crippen LogP contribution in [0.1, 0.15) is 1.43 Å². The molecule has 0 aliphatic rings. The first-order chi connectivity index (χ1) is 3.79. The number of benzene rings is 1. The summed E-state index contributed by atoms with van der Waals surface area (Å²) in [5.74, 6) is 0. The molecule has 0 heterocycles. The van der Waals surface area contributed by atoms with Crippen LogP contribution in [0.4, 0.5) is 0 Å². The Morgan fingerprint density at radius 2 is 1.67 bits per heavy atom. The molecule has 1 aromatic rings. The first-order valence-electron chi connectivity index (χ1n) is 2.20. The zero-order chi connectivity index (χ0) is 5.98. The van der Waals surface area contributed by atoms with Gasteiger partial charge in [-0.25, -0.2) is 0 Å². The molecule has 0 spiro atoms. The average molecular weight is 307 g/mol. The molecule has 0 saturated heterocycles. The molecule has 1 aromatic carbocycles. The van der Waals surface area contributed by atoms with Crippen LogP contribution in [0, 0.1) is 3.57 Å². The minimum Gasteiger partial charge on any atom is -1.00 e. The number of hydrogen-bond donors (Lipinski definition) is 0. The van der Waals surface area contributed by atoms with Crippen LogP contribution in [0.2, 0.25) is 0 Å². The largest absolute Gasteiger partial charge is 1.00 e. The average Bonchev–Trinajstić information content (AvgIpc) is 1.77. The van der Waals surface area contributed by atoms with E-state index in [1.165, 1.54) is 3.57 Å². The topological polar surface area (TPSA) is 0 Å². The summed E-state index contributed by atoms with van der Waals surface area (Å²) >= 11 is 5.62. The molecule has 0 nitrogen and oxygen atoms in total. The second-order valence-electron chi connectivity index (χ2n) is 1.44. The summed E-state index contributed by atoms with van der Waals surface area (Å²) in [5, 5.41) is 0. The van der Waals surface area contributed by atoms with Crippen molar-refractivity contribution in [1.29, 1.82) is 0 Å². The SMILES string of the molecule is Brc1ccc(I)cc1.[H-].[Na+]. The van der Waals surface area contributed by atoms with Gasteiger partial charge in [0.1, 0.15) is 0 Å². The van der Waals surface area contributed by atoms with E-state index in [-0.39, 0.29) is 31.0 Å². The molecule has 0 aliphatic carbocycles. The van der Waals surface area contributed by atoms with Crippen LogP contribution in [0.25, 0.3) is 0 Å². The summed E-state index contributed by atoms with van der Waals surface area (Å²) in [5.41, 5.74) is 0. The maximum atomic E-state index is 3.34. The van der Waals surface area contributed by atoms with Gasteiger partial charge < -0.3 is 1.43 Å². The molecule has 3 heteroatoms. The quantitative estimate of drug-likeness (QED) is 0.473. The van der Waals surface area contributed by atoms with E-state index in [1.807, 2.05) is 12.1 Å². The summed E-state index contributed by atoms with van der Waals surface area (Å²) in [6, 6.07) is 8.18. The molecule has 0 aromatic heterocycles. The van der Waals surface area contributed by atoms with E-state index in [4.69, 9.17) is 0 Å². The Bertz CT molecular complexity index is 157. The summed E-state index contributed by atoms with van der Waals surface area (Å²) in [7, 11) is 0. The zero-order valence-electron chi connectivity index (χ0n) is 6.07. The first kappa shape index (κ1) is 10.4. The molecule has 0 fully saturated rings. The minimum absolute atomic E-state index is 0. The van der Waals surface area contributed by atoms with Gasteiger partial charge in [-0.3, -0.25) is 0 Å². The standard InChI is InChI=1S/C6H4BrI.Na.H/c7-5-1-3-6(8)4-2-5;;/h1-4H;;/q;+1;-1. The molecule has 0 N–H and O–H groups in total. The van der Waals surface area contributed by atoms with Crippen LogP contribution in [0.3, 0.4) is 0 Å². The van der Waals surface area contributed by atoms with Gasteiger partial charge in [0.2, 0.25) is 0 Å². The normalized spacial score (nSPS) is 8.22. The first-order valence-corrected chi connectivity index (χ1v) is 4.07. The van der Waals surface area contributed by atoms with Crippen molar-refractivity contribution in [3.63, 3.8) is 0 Å². The van der Waals surface area contributed by atoms with Crippen LogP contribution >= 0.6 is 38.5 Å². The van der Waals surface area contributed by atoms with E-state index < -0.39 is 0 Å². The Morgan fingerprint density at radius 3 is 2.00 bits per heavy atom. The zero-order valence-corrected chi connectivity index (χ0v) is 10.8. The predicted molar refractivity (Wildman–Crippen MR) is 48.0 cm³/mol. The van der Waals surface area contributed by atoms with Crippen LogP contribution < -0.4 is 29.6 Å². The Kier molecular flexibility index (Phi) is 5.94. The van der Waals surface area contributed by atoms with Crippen molar-refractivity contribution in [3.8, 4) is 0 Å². The van der Waals surface area contributed by atoms with Gasteiger partial charge in [-0.15, -0.1) is 0 Å². The van der Waals surface area contributed by atoms with Crippen LogP contribution in [-0.2, 0) is 0 Å². The molecule has 9 heavy (non-hydrogen) atoms. The maximum Gasteiger partial charge on any atom is 1.00 e. The van der Waals surface area contributed by atoms with Gasteiger partial charge in [0.25, 0.3) is 0 Å². The molecule has 0 radical (unpaired) electrons. The third-order valence-electron chi connectivity index (χ3n) is 0.804. The molecule has 1 rings (SSSR count).